The molecule has 6 aromatic rings. The lowest BCUT2D eigenvalue weighted by molar-refractivity contribution is -0.641. The fourth-order valence-corrected chi connectivity index (χ4v) is 4.70. The topological polar surface area (TPSA) is 176 Å². The fraction of sp³-hybridized carbons (Fsp3) is 0.133. The predicted molar refractivity (Wildman–Crippen MR) is 159 cm³/mol. The van der Waals surface area contributed by atoms with Crippen LogP contribution in [0.2, 0.25) is 0 Å². The van der Waals surface area contributed by atoms with E-state index in [0.29, 0.717) is 43.3 Å². The molecule has 0 atom stereocenters. The molecule has 0 fully saturated rings. The van der Waals surface area contributed by atoms with E-state index in [2.05, 4.69) is 20.2 Å². The van der Waals surface area contributed by atoms with Gasteiger partial charge in [-0.25, -0.2) is 9.97 Å². The number of nitrogens with two attached hydrogens (primary N) is 2. The van der Waals surface area contributed by atoms with Gasteiger partial charge in [-0.15, -0.1) is 0 Å². The SMILES string of the molecule is COc1cc2nc(N)n[n+]([O-])c2cc1-c1ccccc1C.COc1cc2nc(N)n[n+]([O-])c2cc1-c1ccccc1C. The van der Waals surface area contributed by atoms with Crippen molar-refractivity contribution in [1.29, 1.82) is 0 Å². The number of hydrogen-bond acceptors (Lipinski definition) is 10. The van der Waals surface area contributed by atoms with Crippen molar-refractivity contribution in [3.8, 4) is 33.8 Å². The second-order valence-electron chi connectivity index (χ2n) is 9.40. The number of rotatable bonds is 4. The molecule has 12 heteroatoms. The Balaban J connectivity index is 0.000000168. The highest BCUT2D eigenvalue weighted by molar-refractivity contribution is 5.86. The van der Waals surface area contributed by atoms with Crippen LogP contribution in [0.5, 0.6) is 11.5 Å². The molecular formula is C30H28N8O4. The molecule has 0 amide bonds. The third-order valence-electron chi connectivity index (χ3n) is 6.73. The third-order valence-corrected chi connectivity index (χ3v) is 6.73. The fourth-order valence-electron chi connectivity index (χ4n) is 4.70. The minimum absolute atomic E-state index is 0.0665. The summed E-state index contributed by atoms with van der Waals surface area (Å²) >= 11 is 0. The van der Waals surface area contributed by atoms with Gasteiger partial charge in [-0.3, -0.25) is 0 Å². The zero-order valence-electron chi connectivity index (χ0n) is 23.4. The van der Waals surface area contributed by atoms with Crippen LogP contribution in [0.25, 0.3) is 44.3 Å². The number of ether oxygens (including phenoxy) is 2. The molecule has 0 radical (unpaired) electrons. The van der Waals surface area contributed by atoms with Crippen LogP contribution in [0.1, 0.15) is 11.1 Å². The van der Waals surface area contributed by atoms with Crippen LogP contribution in [0, 0.1) is 24.3 Å². The summed E-state index contributed by atoms with van der Waals surface area (Å²) in [6.45, 7) is 4.01. The molecule has 42 heavy (non-hydrogen) atoms. The number of aryl methyl sites for hydroxylation is 2. The largest absolute Gasteiger partial charge is 0.594 e. The first-order valence-corrected chi connectivity index (χ1v) is 12.8. The highest BCUT2D eigenvalue weighted by Gasteiger charge is 2.18. The van der Waals surface area contributed by atoms with Crippen LogP contribution in [0.15, 0.2) is 72.8 Å². The van der Waals surface area contributed by atoms with Gasteiger partial charge in [0.15, 0.2) is 0 Å². The molecule has 0 aliphatic heterocycles. The molecule has 0 saturated carbocycles. The first-order valence-electron chi connectivity index (χ1n) is 12.8. The number of aromatic nitrogens is 6. The standard InChI is InChI=1S/2C15H14N4O2/c2*1-9-5-3-4-6-10(9)11-7-13-12(8-14(11)21-2)17-15(16)18-19(13)20/h2*3-8H,1-2H3,(H2,16,17,18). The highest BCUT2D eigenvalue weighted by Crippen LogP contribution is 2.35. The van der Waals surface area contributed by atoms with Crippen LogP contribution in [0.4, 0.5) is 11.9 Å². The lowest BCUT2D eigenvalue weighted by atomic mass is 9.99. The molecule has 0 bridgehead atoms. The van der Waals surface area contributed by atoms with Crippen molar-refractivity contribution in [3.05, 3.63) is 94.3 Å². The first kappa shape index (κ1) is 27.8. The zero-order chi connectivity index (χ0) is 30.0. The molecule has 0 aliphatic carbocycles. The van der Waals surface area contributed by atoms with E-state index in [9.17, 15) is 10.4 Å². The van der Waals surface area contributed by atoms with E-state index < -0.39 is 0 Å². The van der Waals surface area contributed by atoms with Gasteiger partial charge in [0.2, 0.25) is 0 Å². The van der Waals surface area contributed by atoms with E-state index >= 15 is 0 Å². The molecule has 0 unspecified atom stereocenters. The molecule has 4 N–H and O–H groups in total. The quantitative estimate of drug-likeness (QED) is 0.237. The molecule has 4 aromatic carbocycles. The monoisotopic (exact) mass is 564 g/mol. The lowest BCUT2D eigenvalue weighted by Gasteiger charge is -2.11. The predicted octanol–water partition coefficient (Wildman–Crippen LogP) is 3.66. The maximum atomic E-state index is 11.9. The Bertz CT molecular complexity index is 1810. The van der Waals surface area contributed by atoms with Crippen molar-refractivity contribution in [2.45, 2.75) is 13.8 Å². The van der Waals surface area contributed by atoms with E-state index in [4.69, 9.17) is 20.9 Å². The van der Waals surface area contributed by atoms with Crippen LogP contribution in [-0.2, 0) is 0 Å². The highest BCUT2D eigenvalue weighted by atomic mass is 16.5. The molecule has 0 aliphatic rings. The zero-order valence-corrected chi connectivity index (χ0v) is 23.4. The minimum atomic E-state index is -0.0665. The van der Waals surface area contributed by atoms with Crippen LogP contribution in [-0.4, -0.2) is 34.4 Å². The summed E-state index contributed by atoms with van der Waals surface area (Å²) in [5, 5.41) is 31.0. The van der Waals surface area contributed by atoms with Crippen LogP contribution < -0.4 is 30.6 Å². The van der Waals surface area contributed by atoms with Gasteiger partial charge in [0.1, 0.15) is 22.5 Å². The smallest absolute Gasteiger partial charge is 0.288 e. The Hall–Kier alpha value is -5.78. The number of nitrogens with zero attached hydrogens (tertiary/aromatic N) is 6. The number of benzene rings is 4. The van der Waals surface area contributed by atoms with E-state index in [1.807, 2.05) is 62.4 Å². The maximum Gasteiger partial charge on any atom is 0.288 e. The van der Waals surface area contributed by atoms with Gasteiger partial charge in [-0.05, 0) is 45.8 Å². The summed E-state index contributed by atoms with van der Waals surface area (Å²) in [6, 6.07) is 22.6. The van der Waals surface area contributed by atoms with Crippen molar-refractivity contribution in [2.24, 2.45) is 0 Å². The third kappa shape index (κ3) is 5.32. The van der Waals surface area contributed by atoms with E-state index in [1.165, 1.54) is 0 Å². The second-order valence-corrected chi connectivity index (χ2v) is 9.40. The van der Waals surface area contributed by atoms with Gasteiger partial charge in [0, 0.05) is 35.4 Å². The van der Waals surface area contributed by atoms with Crippen molar-refractivity contribution < 1.29 is 19.2 Å². The molecule has 12 nitrogen and oxygen atoms in total. The second kappa shape index (κ2) is 11.4. The Morgan fingerprint density at radius 2 is 0.976 bits per heavy atom. The summed E-state index contributed by atoms with van der Waals surface area (Å²) < 4.78 is 10.9. The number of anilines is 2. The normalized spacial score (nSPS) is 10.8. The van der Waals surface area contributed by atoms with Crippen molar-refractivity contribution >= 4 is 34.0 Å². The summed E-state index contributed by atoms with van der Waals surface area (Å²) in [4.78, 5) is 9.11. The van der Waals surface area contributed by atoms with Crippen molar-refractivity contribution in [2.75, 3.05) is 25.7 Å². The molecule has 0 saturated heterocycles. The summed E-state index contributed by atoms with van der Waals surface area (Å²) in [5.41, 5.74) is 18.4. The molecule has 2 aromatic heterocycles. The van der Waals surface area contributed by atoms with Crippen LogP contribution in [0.3, 0.4) is 0 Å². The van der Waals surface area contributed by atoms with Gasteiger partial charge < -0.3 is 31.4 Å². The van der Waals surface area contributed by atoms with Gasteiger partial charge in [-0.2, -0.15) is 0 Å². The summed E-state index contributed by atoms with van der Waals surface area (Å²) in [6.07, 6.45) is 0. The molecule has 0 spiro atoms. The van der Waals surface area contributed by atoms with E-state index in [0.717, 1.165) is 33.4 Å². The first-order chi connectivity index (χ1) is 20.2. The number of methoxy groups -OCH3 is 2. The maximum absolute atomic E-state index is 11.9. The molecular weight excluding hydrogens is 536 g/mol. The Morgan fingerprint density at radius 1 is 0.595 bits per heavy atom. The molecule has 6 rings (SSSR count). The Kier molecular flexibility index (Phi) is 7.52. The summed E-state index contributed by atoms with van der Waals surface area (Å²) in [5.74, 6) is 1.14. The molecule has 212 valence electrons. The lowest BCUT2D eigenvalue weighted by Crippen LogP contribution is -2.33. The van der Waals surface area contributed by atoms with Gasteiger partial charge in [0.25, 0.3) is 22.9 Å². The van der Waals surface area contributed by atoms with Crippen LogP contribution >= 0.6 is 0 Å². The van der Waals surface area contributed by atoms with Gasteiger partial charge in [0.05, 0.1) is 24.4 Å². The van der Waals surface area contributed by atoms with Crippen molar-refractivity contribution in [3.63, 3.8) is 0 Å². The average Bonchev–Trinajstić information content (AvgIpc) is 2.97. The number of fused-ring (bicyclic) bond motifs is 2. The van der Waals surface area contributed by atoms with Gasteiger partial charge >= 0.3 is 0 Å². The number of hydrogen-bond donors (Lipinski definition) is 2. The van der Waals surface area contributed by atoms with Gasteiger partial charge in [-0.1, -0.05) is 48.5 Å². The Morgan fingerprint density at radius 3 is 1.33 bits per heavy atom. The summed E-state index contributed by atoms with van der Waals surface area (Å²) in [7, 11) is 3.16. The Labute approximate surface area is 241 Å². The minimum Gasteiger partial charge on any atom is -0.594 e. The average molecular weight is 565 g/mol. The van der Waals surface area contributed by atoms with Crippen molar-refractivity contribution in [1.82, 2.24) is 20.2 Å². The van der Waals surface area contributed by atoms with E-state index in [-0.39, 0.29) is 11.9 Å². The van der Waals surface area contributed by atoms with E-state index in [1.54, 1.807) is 38.5 Å². The number of nitrogen functional groups attached to an aromatic ring is 2. The molecule has 2 heterocycles.